The molecule has 0 radical (unpaired) electrons. The minimum absolute atomic E-state index is 0. The highest BCUT2D eigenvalue weighted by atomic mass is 35.5. The number of hydrogen-bond acceptors (Lipinski definition) is 5. The maximum atomic E-state index is 12.0. The van der Waals surface area contributed by atoms with Gasteiger partial charge in [0.1, 0.15) is 17.8 Å². The molecule has 27 heavy (non-hydrogen) atoms. The first-order chi connectivity index (χ1) is 12.6. The highest BCUT2D eigenvalue weighted by molar-refractivity contribution is 5.93. The van der Waals surface area contributed by atoms with Gasteiger partial charge in [-0.2, -0.15) is 0 Å². The Morgan fingerprint density at radius 3 is 2.59 bits per heavy atom. The molecule has 2 aromatic rings. The van der Waals surface area contributed by atoms with Crippen molar-refractivity contribution in [1.29, 1.82) is 0 Å². The molecule has 1 aliphatic carbocycles. The number of nitrogens with two attached hydrogens (primary N) is 1. The maximum Gasteiger partial charge on any atom is 0.258 e. The smallest absolute Gasteiger partial charge is 0.258 e. The van der Waals surface area contributed by atoms with E-state index >= 15 is 0 Å². The molecule has 3 rings (SSSR count). The number of carbonyl (C=O) groups excluding carboxylic acids is 2. The number of carbonyl (C=O) groups is 2. The van der Waals surface area contributed by atoms with E-state index in [1.165, 1.54) is 6.26 Å². The fraction of sp³-hybridized carbons (Fsp3) is 0.368. The van der Waals surface area contributed by atoms with Crippen molar-refractivity contribution in [3.8, 4) is 5.75 Å². The molecule has 0 atom stereocenters. The lowest BCUT2D eigenvalue weighted by Crippen LogP contribution is -2.30. The molecule has 2 amide bonds. The Balaban J connectivity index is 0.00000261. The van der Waals surface area contributed by atoms with E-state index in [2.05, 4.69) is 10.6 Å². The molecule has 0 unspecified atom stereocenters. The first kappa shape index (κ1) is 20.8. The third-order valence-corrected chi connectivity index (χ3v) is 4.05. The number of hydrogen-bond donors (Lipinski definition) is 3. The van der Waals surface area contributed by atoms with Gasteiger partial charge in [0.15, 0.2) is 6.61 Å². The Hall–Kier alpha value is -2.51. The van der Waals surface area contributed by atoms with E-state index in [4.69, 9.17) is 14.9 Å². The second-order valence-corrected chi connectivity index (χ2v) is 6.29. The molecular weight excluding hydrogens is 370 g/mol. The molecule has 146 valence electrons. The lowest BCUT2D eigenvalue weighted by atomic mass is 10.1. The van der Waals surface area contributed by atoms with E-state index in [1.54, 1.807) is 6.07 Å². The standard InChI is InChI=1S/C19H23N3O4.ClH/c20-10-17-9-14(11-25-17)19(24)21-8-7-13-1-5-16(6-2-13)26-12-18(23)22-15-3-4-15;/h1-2,5-6,9,11,15H,3-4,7-8,10,12,20H2,(H,21,24)(H,22,23);1H. The summed E-state index contributed by atoms with van der Waals surface area (Å²) < 4.78 is 10.6. The van der Waals surface area contributed by atoms with Crippen LogP contribution in [0.25, 0.3) is 0 Å². The average Bonchev–Trinajstić information content (AvgIpc) is 3.33. The minimum Gasteiger partial charge on any atom is -0.484 e. The van der Waals surface area contributed by atoms with Crippen molar-refractivity contribution in [1.82, 2.24) is 10.6 Å². The normalized spacial score (nSPS) is 12.8. The zero-order valence-corrected chi connectivity index (χ0v) is 15.7. The Morgan fingerprint density at radius 2 is 1.96 bits per heavy atom. The van der Waals surface area contributed by atoms with Crippen molar-refractivity contribution in [2.75, 3.05) is 13.2 Å². The number of nitrogens with one attached hydrogen (secondary N) is 2. The minimum atomic E-state index is -0.185. The summed E-state index contributed by atoms with van der Waals surface area (Å²) in [5.74, 6) is 0.958. The van der Waals surface area contributed by atoms with Gasteiger partial charge in [-0.05, 0) is 43.0 Å². The molecule has 0 bridgehead atoms. The molecule has 0 saturated heterocycles. The van der Waals surface area contributed by atoms with Gasteiger partial charge in [-0.15, -0.1) is 12.4 Å². The van der Waals surface area contributed by atoms with Crippen LogP contribution in [0.5, 0.6) is 5.75 Å². The van der Waals surface area contributed by atoms with Gasteiger partial charge in [-0.25, -0.2) is 0 Å². The lowest BCUT2D eigenvalue weighted by Gasteiger charge is -2.08. The molecule has 1 heterocycles. The maximum absolute atomic E-state index is 12.0. The Bertz CT molecular complexity index is 757. The number of halogens is 1. The van der Waals surface area contributed by atoms with Crippen molar-refractivity contribution in [2.24, 2.45) is 5.73 Å². The summed E-state index contributed by atoms with van der Waals surface area (Å²) in [7, 11) is 0. The highest BCUT2D eigenvalue weighted by Gasteiger charge is 2.23. The summed E-state index contributed by atoms with van der Waals surface area (Å²) in [6.07, 6.45) is 4.22. The molecule has 0 spiro atoms. The average molecular weight is 394 g/mol. The Kier molecular flexibility index (Phi) is 7.69. The topological polar surface area (TPSA) is 107 Å². The Labute approximate surface area is 164 Å². The van der Waals surface area contributed by atoms with Crippen LogP contribution in [0.3, 0.4) is 0 Å². The molecule has 4 N–H and O–H groups in total. The zero-order valence-electron chi connectivity index (χ0n) is 14.9. The van der Waals surface area contributed by atoms with E-state index in [9.17, 15) is 9.59 Å². The highest BCUT2D eigenvalue weighted by Crippen LogP contribution is 2.18. The summed E-state index contributed by atoms with van der Waals surface area (Å²) in [6.45, 7) is 0.803. The van der Waals surface area contributed by atoms with Crippen LogP contribution in [0.4, 0.5) is 0 Å². The fourth-order valence-electron chi connectivity index (χ4n) is 2.43. The Morgan fingerprint density at radius 1 is 1.22 bits per heavy atom. The zero-order chi connectivity index (χ0) is 18.4. The number of rotatable bonds is 9. The van der Waals surface area contributed by atoms with Crippen molar-refractivity contribution >= 4 is 24.2 Å². The van der Waals surface area contributed by atoms with Crippen molar-refractivity contribution in [2.45, 2.75) is 31.8 Å². The van der Waals surface area contributed by atoms with Crippen LogP contribution >= 0.6 is 12.4 Å². The summed E-state index contributed by atoms with van der Waals surface area (Å²) in [4.78, 5) is 23.6. The van der Waals surface area contributed by atoms with E-state index in [0.717, 1.165) is 18.4 Å². The van der Waals surface area contributed by atoms with Gasteiger partial charge in [0.05, 0.1) is 12.1 Å². The van der Waals surface area contributed by atoms with Gasteiger partial charge in [-0.1, -0.05) is 12.1 Å². The van der Waals surface area contributed by atoms with E-state index in [1.807, 2.05) is 24.3 Å². The number of amides is 2. The predicted molar refractivity (Wildman–Crippen MR) is 103 cm³/mol. The van der Waals surface area contributed by atoms with Gasteiger partial charge in [0, 0.05) is 12.6 Å². The quantitative estimate of drug-likeness (QED) is 0.602. The van der Waals surface area contributed by atoms with Crippen LogP contribution in [0.15, 0.2) is 41.0 Å². The lowest BCUT2D eigenvalue weighted by molar-refractivity contribution is -0.123. The monoisotopic (exact) mass is 393 g/mol. The predicted octanol–water partition coefficient (Wildman–Crippen LogP) is 1.79. The van der Waals surface area contributed by atoms with Gasteiger partial charge in [0.2, 0.25) is 0 Å². The van der Waals surface area contributed by atoms with Crippen molar-refractivity contribution in [3.63, 3.8) is 0 Å². The summed E-state index contributed by atoms with van der Waals surface area (Å²) >= 11 is 0. The van der Waals surface area contributed by atoms with E-state index in [-0.39, 0.29) is 37.4 Å². The second-order valence-electron chi connectivity index (χ2n) is 6.29. The first-order valence-corrected chi connectivity index (χ1v) is 8.71. The van der Waals surface area contributed by atoms with Gasteiger partial charge >= 0.3 is 0 Å². The molecule has 8 heteroatoms. The summed E-state index contributed by atoms with van der Waals surface area (Å²) in [6, 6.07) is 9.47. The van der Waals surface area contributed by atoms with E-state index in [0.29, 0.717) is 36.1 Å². The van der Waals surface area contributed by atoms with Crippen molar-refractivity contribution in [3.05, 3.63) is 53.5 Å². The van der Waals surface area contributed by atoms with Crippen LogP contribution in [-0.4, -0.2) is 31.0 Å². The van der Waals surface area contributed by atoms with Gasteiger partial charge in [-0.3, -0.25) is 9.59 Å². The van der Waals surface area contributed by atoms with E-state index < -0.39 is 0 Å². The molecule has 0 aliphatic heterocycles. The van der Waals surface area contributed by atoms with Crippen LogP contribution in [-0.2, 0) is 17.8 Å². The van der Waals surface area contributed by atoms with Crippen LogP contribution in [0.2, 0.25) is 0 Å². The fourth-order valence-corrected chi connectivity index (χ4v) is 2.43. The SMILES string of the molecule is Cl.NCc1cc(C(=O)NCCc2ccc(OCC(=O)NC3CC3)cc2)co1. The molecular formula is C19H24ClN3O4. The molecule has 1 saturated carbocycles. The molecule has 7 nitrogen and oxygen atoms in total. The summed E-state index contributed by atoms with van der Waals surface area (Å²) in [5.41, 5.74) is 6.99. The largest absolute Gasteiger partial charge is 0.484 e. The van der Waals surface area contributed by atoms with Crippen LogP contribution < -0.4 is 21.1 Å². The van der Waals surface area contributed by atoms with Crippen LogP contribution in [0, 0.1) is 0 Å². The third-order valence-electron chi connectivity index (χ3n) is 4.05. The molecule has 1 aliphatic rings. The molecule has 1 fully saturated rings. The number of furan rings is 1. The molecule has 1 aromatic heterocycles. The summed E-state index contributed by atoms with van der Waals surface area (Å²) in [5, 5.41) is 5.71. The van der Waals surface area contributed by atoms with Gasteiger partial charge < -0.3 is 25.5 Å². The van der Waals surface area contributed by atoms with Gasteiger partial charge in [0.25, 0.3) is 11.8 Å². The second kappa shape index (κ2) is 9.99. The molecule has 1 aromatic carbocycles. The van der Waals surface area contributed by atoms with Crippen molar-refractivity contribution < 1.29 is 18.7 Å². The third kappa shape index (κ3) is 6.62. The number of benzene rings is 1. The van der Waals surface area contributed by atoms with Crippen LogP contribution in [0.1, 0.15) is 34.5 Å². The first-order valence-electron chi connectivity index (χ1n) is 8.71. The number of ether oxygens (including phenoxy) is 1.